The molecule has 1 heterocycles. The van der Waals surface area contributed by atoms with Gasteiger partial charge in [0.1, 0.15) is 12.4 Å². The highest BCUT2D eigenvalue weighted by atomic mass is 79.9. The molecule has 28 heavy (non-hydrogen) atoms. The maximum atomic E-state index is 11.7. The molecule has 1 aromatic heterocycles. The first-order valence-corrected chi connectivity index (χ1v) is 10.6. The average Bonchev–Trinajstić information content (AvgIpc) is 3.08. The van der Waals surface area contributed by atoms with E-state index >= 15 is 0 Å². The van der Waals surface area contributed by atoms with Crippen molar-refractivity contribution in [1.29, 1.82) is 0 Å². The van der Waals surface area contributed by atoms with Crippen LogP contribution in [0.4, 0.5) is 0 Å². The number of hydrogen-bond acceptors (Lipinski definition) is 6. The second kappa shape index (κ2) is 10.3. The molecule has 0 N–H and O–H groups in total. The van der Waals surface area contributed by atoms with E-state index in [1.54, 1.807) is 6.92 Å². The summed E-state index contributed by atoms with van der Waals surface area (Å²) in [6.45, 7) is 3.03. The zero-order chi connectivity index (χ0) is 19.8. The number of rotatable bonds is 9. The first kappa shape index (κ1) is 20.4. The molecule has 0 amide bonds. The summed E-state index contributed by atoms with van der Waals surface area (Å²) in [5, 5.41) is 9.18. The Balaban J connectivity index is 1.75. The molecule has 0 aliphatic rings. The highest BCUT2D eigenvalue weighted by Gasteiger charge is 2.15. The molecular formula is C20H20BrN3O3S. The first-order valence-electron chi connectivity index (χ1n) is 8.78. The minimum Gasteiger partial charge on any atom is -0.486 e. The van der Waals surface area contributed by atoms with E-state index in [-0.39, 0.29) is 18.3 Å². The van der Waals surface area contributed by atoms with Crippen LogP contribution in [0.1, 0.15) is 18.3 Å². The van der Waals surface area contributed by atoms with Gasteiger partial charge >= 0.3 is 5.97 Å². The van der Waals surface area contributed by atoms with E-state index in [2.05, 4.69) is 26.1 Å². The zero-order valence-corrected chi connectivity index (χ0v) is 17.8. The molecule has 0 fully saturated rings. The van der Waals surface area contributed by atoms with Crippen molar-refractivity contribution >= 4 is 33.7 Å². The minimum atomic E-state index is -0.269. The van der Waals surface area contributed by atoms with Crippen LogP contribution < -0.4 is 4.74 Å². The van der Waals surface area contributed by atoms with Gasteiger partial charge in [-0.2, -0.15) is 0 Å². The van der Waals surface area contributed by atoms with Crippen molar-refractivity contribution < 1.29 is 14.3 Å². The average molecular weight is 462 g/mol. The molecule has 0 bridgehead atoms. The standard InChI is InChI=1S/C20H20BrN3O3S/c1-2-26-19(25)14-28-20-23-22-18(13-27-17-10-8-16(21)9-11-17)24(20)12-15-6-4-3-5-7-15/h3-11H,2,12-14H2,1H3. The largest absolute Gasteiger partial charge is 0.486 e. The van der Waals surface area contributed by atoms with Crippen LogP contribution in [0.3, 0.4) is 0 Å². The Hall–Kier alpha value is -2.32. The first-order chi connectivity index (χ1) is 13.7. The molecule has 0 saturated carbocycles. The van der Waals surface area contributed by atoms with Crippen LogP contribution in [0.2, 0.25) is 0 Å². The second-order valence-electron chi connectivity index (χ2n) is 5.81. The molecular weight excluding hydrogens is 442 g/mol. The van der Waals surface area contributed by atoms with Gasteiger partial charge in [-0.05, 0) is 36.8 Å². The van der Waals surface area contributed by atoms with Crippen molar-refractivity contribution in [2.24, 2.45) is 0 Å². The monoisotopic (exact) mass is 461 g/mol. The maximum Gasteiger partial charge on any atom is 0.316 e. The van der Waals surface area contributed by atoms with Crippen LogP contribution in [0, 0.1) is 0 Å². The summed E-state index contributed by atoms with van der Waals surface area (Å²) in [5.41, 5.74) is 1.12. The number of carbonyl (C=O) groups excluding carboxylic acids is 1. The molecule has 0 atom stereocenters. The summed E-state index contributed by atoms with van der Waals surface area (Å²) in [6, 6.07) is 17.7. The summed E-state index contributed by atoms with van der Waals surface area (Å²) < 4.78 is 13.8. The molecule has 0 spiro atoms. The molecule has 2 aromatic carbocycles. The lowest BCUT2D eigenvalue weighted by Crippen LogP contribution is -2.11. The van der Waals surface area contributed by atoms with Gasteiger partial charge in [0.25, 0.3) is 0 Å². The molecule has 0 aliphatic carbocycles. The van der Waals surface area contributed by atoms with Crippen LogP contribution in [-0.4, -0.2) is 33.1 Å². The van der Waals surface area contributed by atoms with Crippen molar-refractivity contribution in [3.05, 3.63) is 70.5 Å². The van der Waals surface area contributed by atoms with E-state index < -0.39 is 0 Å². The SMILES string of the molecule is CCOC(=O)CSc1nnc(COc2ccc(Br)cc2)n1Cc1ccccc1. The molecule has 0 unspecified atom stereocenters. The van der Waals surface area contributed by atoms with Crippen LogP contribution in [0.5, 0.6) is 5.75 Å². The van der Waals surface area contributed by atoms with Crippen molar-refractivity contribution in [1.82, 2.24) is 14.8 Å². The van der Waals surface area contributed by atoms with Crippen LogP contribution >= 0.6 is 27.7 Å². The molecule has 0 saturated heterocycles. The number of hydrogen-bond donors (Lipinski definition) is 0. The number of carbonyl (C=O) groups is 1. The van der Waals surface area contributed by atoms with Crippen molar-refractivity contribution in [2.75, 3.05) is 12.4 Å². The minimum absolute atomic E-state index is 0.189. The normalized spacial score (nSPS) is 10.6. The third-order valence-corrected chi connectivity index (χ3v) is 5.25. The lowest BCUT2D eigenvalue weighted by Gasteiger charge is -2.11. The fourth-order valence-corrected chi connectivity index (χ4v) is 3.48. The quantitative estimate of drug-likeness (QED) is 0.349. The van der Waals surface area contributed by atoms with Crippen molar-refractivity contribution in [3.63, 3.8) is 0 Å². The van der Waals surface area contributed by atoms with Gasteiger partial charge in [-0.15, -0.1) is 10.2 Å². The summed E-state index contributed by atoms with van der Waals surface area (Å²) >= 11 is 4.72. The molecule has 3 rings (SSSR count). The number of aromatic nitrogens is 3. The second-order valence-corrected chi connectivity index (χ2v) is 7.67. The fraction of sp³-hybridized carbons (Fsp3) is 0.250. The van der Waals surface area contributed by atoms with Crippen LogP contribution in [0.15, 0.2) is 64.2 Å². The van der Waals surface area contributed by atoms with E-state index in [0.29, 0.717) is 24.1 Å². The van der Waals surface area contributed by atoms with Gasteiger partial charge in [0.15, 0.2) is 11.0 Å². The Bertz CT molecular complexity index is 901. The highest BCUT2D eigenvalue weighted by Crippen LogP contribution is 2.21. The third kappa shape index (κ3) is 5.84. The molecule has 0 aliphatic heterocycles. The van der Waals surface area contributed by atoms with E-state index in [1.807, 2.05) is 59.2 Å². The highest BCUT2D eigenvalue weighted by molar-refractivity contribution is 9.10. The maximum absolute atomic E-state index is 11.7. The van der Waals surface area contributed by atoms with Gasteiger partial charge in [-0.1, -0.05) is 58.0 Å². The van der Waals surface area contributed by atoms with E-state index in [4.69, 9.17) is 9.47 Å². The van der Waals surface area contributed by atoms with E-state index in [0.717, 1.165) is 15.8 Å². The smallest absolute Gasteiger partial charge is 0.316 e. The Morgan fingerprint density at radius 3 is 2.57 bits per heavy atom. The van der Waals surface area contributed by atoms with Crippen molar-refractivity contribution in [2.45, 2.75) is 25.2 Å². The Kier molecular flexibility index (Phi) is 7.50. The lowest BCUT2D eigenvalue weighted by molar-refractivity contribution is -0.139. The number of esters is 1. The summed E-state index contributed by atoms with van der Waals surface area (Å²) in [6.07, 6.45) is 0. The summed E-state index contributed by atoms with van der Waals surface area (Å²) in [7, 11) is 0. The molecule has 0 radical (unpaired) electrons. The number of thioether (sulfide) groups is 1. The zero-order valence-electron chi connectivity index (χ0n) is 15.4. The number of benzene rings is 2. The molecule has 6 nitrogen and oxygen atoms in total. The van der Waals surface area contributed by atoms with Gasteiger partial charge in [0.05, 0.1) is 18.9 Å². The van der Waals surface area contributed by atoms with Crippen LogP contribution in [-0.2, 0) is 22.7 Å². The van der Waals surface area contributed by atoms with Gasteiger partial charge in [0.2, 0.25) is 0 Å². The van der Waals surface area contributed by atoms with E-state index in [1.165, 1.54) is 11.8 Å². The molecule has 146 valence electrons. The summed E-state index contributed by atoms with van der Waals surface area (Å²) in [4.78, 5) is 11.7. The predicted octanol–water partition coefficient (Wildman–Crippen LogP) is 4.32. The third-order valence-electron chi connectivity index (χ3n) is 3.78. The number of nitrogens with zero attached hydrogens (tertiary/aromatic N) is 3. The van der Waals surface area contributed by atoms with Gasteiger partial charge < -0.3 is 9.47 Å². The van der Waals surface area contributed by atoms with Gasteiger partial charge in [-0.3, -0.25) is 9.36 Å². The topological polar surface area (TPSA) is 66.2 Å². The Morgan fingerprint density at radius 1 is 1.11 bits per heavy atom. The predicted molar refractivity (Wildman–Crippen MR) is 111 cm³/mol. The van der Waals surface area contributed by atoms with Gasteiger partial charge in [-0.25, -0.2) is 0 Å². The Morgan fingerprint density at radius 2 is 1.86 bits per heavy atom. The fourth-order valence-electron chi connectivity index (χ4n) is 2.46. The Labute approximate surface area is 176 Å². The summed E-state index contributed by atoms with van der Waals surface area (Å²) in [5.74, 6) is 1.36. The molecule has 3 aromatic rings. The molecule has 8 heteroatoms. The van der Waals surface area contributed by atoms with Gasteiger partial charge in [0, 0.05) is 4.47 Å². The van der Waals surface area contributed by atoms with Crippen molar-refractivity contribution in [3.8, 4) is 5.75 Å². The number of ether oxygens (including phenoxy) is 2. The van der Waals surface area contributed by atoms with Crippen LogP contribution in [0.25, 0.3) is 0 Å². The lowest BCUT2D eigenvalue weighted by atomic mass is 10.2. The van der Waals surface area contributed by atoms with E-state index in [9.17, 15) is 4.79 Å². The number of halogens is 1.